The number of aryl methyl sites for hydroxylation is 3. The number of hydrogen-bond donors (Lipinski definition) is 1. The van der Waals surface area contributed by atoms with Gasteiger partial charge >= 0.3 is 0 Å². The van der Waals surface area contributed by atoms with Crippen molar-refractivity contribution < 1.29 is 18.0 Å². The number of rotatable bonds is 11. The molecular weight excluding hydrogens is 570 g/mol. The largest absolute Gasteiger partial charge is 0.352 e. The van der Waals surface area contributed by atoms with Crippen LogP contribution >= 0.6 is 11.6 Å². The Morgan fingerprint density at radius 2 is 1.57 bits per heavy atom. The van der Waals surface area contributed by atoms with E-state index in [0.717, 1.165) is 52.2 Å². The van der Waals surface area contributed by atoms with Crippen LogP contribution in [-0.2, 0) is 26.2 Å². The lowest BCUT2D eigenvalue weighted by atomic mass is 10.1. The van der Waals surface area contributed by atoms with Crippen LogP contribution in [0.1, 0.15) is 61.3 Å². The van der Waals surface area contributed by atoms with E-state index in [4.69, 9.17) is 11.6 Å². The van der Waals surface area contributed by atoms with Gasteiger partial charge in [-0.15, -0.1) is 0 Å². The zero-order valence-corrected chi connectivity index (χ0v) is 26.3. The van der Waals surface area contributed by atoms with E-state index >= 15 is 0 Å². The number of amides is 2. The highest BCUT2D eigenvalue weighted by atomic mass is 35.5. The van der Waals surface area contributed by atoms with Crippen molar-refractivity contribution in [3.05, 3.63) is 94.0 Å². The van der Waals surface area contributed by atoms with Gasteiger partial charge in [0.25, 0.3) is 10.0 Å². The molecule has 0 aliphatic heterocycles. The summed E-state index contributed by atoms with van der Waals surface area (Å²) >= 11 is 6.11. The molecule has 1 saturated carbocycles. The monoisotopic (exact) mass is 609 g/mol. The number of hydrogen-bond acceptors (Lipinski definition) is 4. The first-order valence-corrected chi connectivity index (χ1v) is 16.3. The highest BCUT2D eigenvalue weighted by Crippen LogP contribution is 2.27. The minimum absolute atomic E-state index is 0.0907. The Hall–Kier alpha value is -3.36. The molecule has 1 N–H and O–H groups in total. The number of nitrogens with zero attached hydrogens (tertiary/aromatic N) is 2. The Bertz CT molecular complexity index is 1500. The Labute approximate surface area is 254 Å². The van der Waals surface area contributed by atoms with Crippen molar-refractivity contribution >= 4 is 39.1 Å². The average molecular weight is 610 g/mol. The van der Waals surface area contributed by atoms with Gasteiger partial charge < -0.3 is 10.2 Å². The lowest BCUT2D eigenvalue weighted by Crippen LogP contribution is -2.53. The molecule has 0 unspecified atom stereocenters. The molecule has 0 heterocycles. The van der Waals surface area contributed by atoms with Gasteiger partial charge in [-0.2, -0.15) is 0 Å². The number of halogens is 1. The SMILES string of the molecule is CC[C@@H](C(=O)NC1CCCC1)N(Cc1ccc(Cl)cc1)C(=O)CN(c1ccc(C)c(C)c1)S(=O)(=O)c1ccc(C)cc1. The molecule has 0 radical (unpaired) electrons. The maximum Gasteiger partial charge on any atom is 0.264 e. The van der Waals surface area contributed by atoms with E-state index in [0.29, 0.717) is 17.1 Å². The molecular formula is C33H40ClN3O4S. The summed E-state index contributed by atoms with van der Waals surface area (Å²) in [7, 11) is -4.11. The van der Waals surface area contributed by atoms with Gasteiger partial charge in [-0.05, 0) is 93.1 Å². The molecule has 1 atom stereocenters. The fourth-order valence-electron chi connectivity index (χ4n) is 5.32. The van der Waals surface area contributed by atoms with Crippen LogP contribution < -0.4 is 9.62 Å². The number of carbonyl (C=O) groups excluding carboxylic acids is 2. The second-order valence-electron chi connectivity index (χ2n) is 11.2. The minimum atomic E-state index is -4.11. The second-order valence-corrected chi connectivity index (χ2v) is 13.5. The van der Waals surface area contributed by atoms with Crippen LogP contribution in [0.25, 0.3) is 0 Å². The lowest BCUT2D eigenvalue weighted by molar-refractivity contribution is -0.140. The predicted octanol–water partition coefficient (Wildman–Crippen LogP) is 6.33. The summed E-state index contributed by atoms with van der Waals surface area (Å²) in [6.07, 6.45) is 4.35. The molecule has 0 saturated heterocycles. The van der Waals surface area contributed by atoms with Gasteiger partial charge in [0.2, 0.25) is 11.8 Å². The minimum Gasteiger partial charge on any atom is -0.352 e. The number of anilines is 1. The van der Waals surface area contributed by atoms with Gasteiger partial charge in [0.05, 0.1) is 10.6 Å². The Kier molecular flexibility index (Phi) is 10.3. The topological polar surface area (TPSA) is 86.8 Å². The van der Waals surface area contributed by atoms with Gasteiger partial charge in [0, 0.05) is 17.6 Å². The highest BCUT2D eigenvalue weighted by molar-refractivity contribution is 7.92. The zero-order chi connectivity index (χ0) is 30.4. The molecule has 0 spiro atoms. The van der Waals surface area contributed by atoms with Crippen molar-refractivity contribution in [1.82, 2.24) is 10.2 Å². The van der Waals surface area contributed by atoms with Crippen molar-refractivity contribution in [3.8, 4) is 0 Å². The molecule has 1 fully saturated rings. The van der Waals surface area contributed by atoms with Crippen LogP contribution in [-0.4, -0.2) is 43.8 Å². The Balaban J connectivity index is 1.73. The number of benzene rings is 3. The van der Waals surface area contributed by atoms with Crippen LogP contribution in [0.15, 0.2) is 71.6 Å². The van der Waals surface area contributed by atoms with E-state index in [1.807, 2.05) is 45.9 Å². The van der Waals surface area contributed by atoms with Gasteiger partial charge in [-0.3, -0.25) is 13.9 Å². The normalized spacial score (nSPS) is 14.4. The second kappa shape index (κ2) is 13.7. The molecule has 2 amide bonds. The number of nitrogens with one attached hydrogen (secondary N) is 1. The summed E-state index contributed by atoms with van der Waals surface area (Å²) in [4.78, 5) is 29.4. The third-order valence-corrected chi connectivity index (χ3v) is 10.1. The fraction of sp³-hybridized carbons (Fsp3) is 0.394. The summed E-state index contributed by atoms with van der Waals surface area (Å²) in [6, 6.07) is 18.4. The molecule has 1 aliphatic rings. The fourth-order valence-corrected chi connectivity index (χ4v) is 6.85. The average Bonchev–Trinajstić information content (AvgIpc) is 3.47. The molecule has 3 aromatic rings. The molecule has 1 aliphatic carbocycles. The van der Waals surface area contributed by atoms with Gasteiger partial charge in [-0.1, -0.05) is 67.3 Å². The van der Waals surface area contributed by atoms with E-state index in [-0.39, 0.29) is 23.4 Å². The first kappa shape index (κ1) is 31.6. The van der Waals surface area contributed by atoms with E-state index < -0.39 is 28.5 Å². The molecule has 42 heavy (non-hydrogen) atoms. The molecule has 0 bridgehead atoms. The summed E-state index contributed by atoms with van der Waals surface area (Å²) in [5.74, 6) is -0.682. The Morgan fingerprint density at radius 1 is 0.929 bits per heavy atom. The first-order valence-electron chi connectivity index (χ1n) is 14.5. The first-order chi connectivity index (χ1) is 20.0. The Morgan fingerprint density at radius 3 is 2.17 bits per heavy atom. The molecule has 7 nitrogen and oxygen atoms in total. The van der Waals surface area contributed by atoms with E-state index in [9.17, 15) is 18.0 Å². The molecule has 4 rings (SSSR count). The standard InChI is InChI=1S/C33H40ClN3O4S/c1-5-31(33(39)35-28-8-6-7-9-28)36(21-26-13-15-27(34)16-14-26)32(38)22-37(29-17-12-24(3)25(4)20-29)42(40,41)30-18-10-23(2)11-19-30/h10-20,28,31H,5-9,21-22H2,1-4H3,(H,35,39)/t31-/m0/s1. The van der Waals surface area contributed by atoms with Gasteiger partial charge in [0.1, 0.15) is 12.6 Å². The third kappa shape index (κ3) is 7.53. The van der Waals surface area contributed by atoms with Crippen LogP contribution in [0.4, 0.5) is 5.69 Å². The summed E-state index contributed by atoms with van der Waals surface area (Å²) in [5, 5.41) is 3.70. The maximum absolute atomic E-state index is 14.2. The summed E-state index contributed by atoms with van der Waals surface area (Å²) < 4.78 is 29.3. The van der Waals surface area contributed by atoms with Crippen molar-refractivity contribution in [3.63, 3.8) is 0 Å². The van der Waals surface area contributed by atoms with E-state index in [1.54, 1.807) is 48.5 Å². The number of carbonyl (C=O) groups is 2. The van der Waals surface area contributed by atoms with Crippen LogP contribution in [0.5, 0.6) is 0 Å². The quantitative estimate of drug-likeness (QED) is 0.275. The zero-order valence-electron chi connectivity index (χ0n) is 24.8. The maximum atomic E-state index is 14.2. The van der Waals surface area contributed by atoms with E-state index in [1.165, 1.54) is 4.90 Å². The smallest absolute Gasteiger partial charge is 0.264 e. The molecule has 0 aromatic heterocycles. The third-order valence-electron chi connectivity index (χ3n) is 8.02. The van der Waals surface area contributed by atoms with Crippen LogP contribution in [0, 0.1) is 20.8 Å². The van der Waals surface area contributed by atoms with Crippen LogP contribution in [0.2, 0.25) is 5.02 Å². The molecule has 3 aromatic carbocycles. The van der Waals surface area contributed by atoms with Crippen molar-refractivity contribution in [2.75, 3.05) is 10.8 Å². The predicted molar refractivity (Wildman–Crippen MR) is 168 cm³/mol. The van der Waals surface area contributed by atoms with Gasteiger partial charge in [0.15, 0.2) is 0 Å². The van der Waals surface area contributed by atoms with Crippen molar-refractivity contribution in [1.29, 1.82) is 0 Å². The van der Waals surface area contributed by atoms with Crippen molar-refractivity contribution in [2.45, 2.75) is 83.3 Å². The van der Waals surface area contributed by atoms with Gasteiger partial charge in [-0.25, -0.2) is 8.42 Å². The molecule has 224 valence electrons. The summed E-state index contributed by atoms with van der Waals surface area (Å²) in [6.45, 7) is 7.29. The van der Waals surface area contributed by atoms with Crippen molar-refractivity contribution in [2.24, 2.45) is 0 Å². The number of sulfonamides is 1. The van der Waals surface area contributed by atoms with Crippen LogP contribution in [0.3, 0.4) is 0 Å². The summed E-state index contributed by atoms with van der Waals surface area (Å²) in [5.41, 5.74) is 4.03. The van der Waals surface area contributed by atoms with E-state index in [2.05, 4.69) is 5.32 Å². The lowest BCUT2D eigenvalue weighted by Gasteiger charge is -2.34. The molecule has 9 heteroatoms. The highest BCUT2D eigenvalue weighted by Gasteiger charge is 2.34.